The van der Waals surface area contributed by atoms with E-state index in [1.54, 1.807) is 0 Å². The largest absolute Gasteiger partial charge is 0.481 e. The van der Waals surface area contributed by atoms with Gasteiger partial charge in [-0.15, -0.1) is 0 Å². The van der Waals surface area contributed by atoms with Gasteiger partial charge in [0.15, 0.2) is 12.6 Å². The summed E-state index contributed by atoms with van der Waals surface area (Å²) < 4.78 is 28.0. The second-order valence-electron chi connectivity index (χ2n) is 12.6. The number of hydrogen-bond acceptors (Lipinski definition) is 13. The Hall–Kier alpha value is -1.46. The Morgan fingerprint density at radius 1 is 0.674 bits per heavy atom. The van der Waals surface area contributed by atoms with E-state index in [-0.39, 0.29) is 12.5 Å². The lowest BCUT2D eigenvalue weighted by Gasteiger charge is -2.46. The maximum atomic E-state index is 11.2. The monoisotopic (exact) mass is 666 g/mol. The quantitative estimate of drug-likeness (QED) is 0.0607. The lowest BCUT2D eigenvalue weighted by Crippen LogP contribution is -2.65. The van der Waals surface area contributed by atoms with Crippen LogP contribution in [0.1, 0.15) is 110 Å². The predicted molar refractivity (Wildman–Crippen MR) is 163 cm³/mol. The first-order chi connectivity index (χ1) is 22.0. The van der Waals surface area contributed by atoms with E-state index < -0.39 is 86.6 Å². The molecule has 2 saturated heterocycles. The standard InChI is InChI=1S/C32H58O14/c1-20(16-14-12-10-8-6-4-3-5-7-9-11-13-15-17-24(35)36)43-32-30(28(40)25(37)22(18-33)44-32)46-31-29(41)27(39)26(38)23(45-31)19-42-21(2)34/h20,22-23,25-33,37-41H,3-19H2,1-2H3,(H,35,36)/t20?,22-,23-,25-,26-,27+,28+,29-,30-,31+,32-/m1/s1. The van der Waals surface area contributed by atoms with Gasteiger partial charge in [0, 0.05) is 13.3 Å². The van der Waals surface area contributed by atoms with Crippen LogP contribution in [-0.4, -0.2) is 128 Å². The second kappa shape index (κ2) is 22.2. The predicted octanol–water partition coefficient (Wildman–Crippen LogP) is 1.52. The molecule has 0 aromatic rings. The van der Waals surface area contributed by atoms with Gasteiger partial charge in [-0.2, -0.15) is 0 Å². The number of unbranched alkanes of at least 4 members (excludes halogenated alkanes) is 12. The van der Waals surface area contributed by atoms with Gasteiger partial charge in [0.05, 0.1) is 12.7 Å². The van der Waals surface area contributed by atoms with E-state index in [0.717, 1.165) is 51.9 Å². The van der Waals surface area contributed by atoms with Crippen LogP contribution in [0.5, 0.6) is 0 Å². The van der Waals surface area contributed by atoms with E-state index in [4.69, 9.17) is 28.8 Å². The van der Waals surface area contributed by atoms with Crippen molar-refractivity contribution < 1.29 is 69.0 Å². The van der Waals surface area contributed by atoms with Gasteiger partial charge in [-0.3, -0.25) is 9.59 Å². The Labute approximate surface area is 271 Å². The van der Waals surface area contributed by atoms with Crippen molar-refractivity contribution in [3.63, 3.8) is 0 Å². The minimum absolute atomic E-state index is 0.264. The summed E-state index contributed by atoms with van der Waals surface area (Å²) in [4.78, 5) is 21.7. The Balaban J connectivity index is 1.73. The number of carbonyl (C=O) groups is 2. The van der Waals surface area contributed by atoms with Crippen molar-refractivity contribution in [3.8, 4) is 0 Å². The van der Waals surface area contributed by atoms with Crippen molar-refractivity contribution in [3.05, 3.63) is 0 Å². The number of aliphatic hydroxyl groups is 6. The molecule has 0 aromatic heterocycles. The lowest BCUT2D eigenvalue weighted by molar-refractivity contribution is -0.371. The highest BCUT2D eigenvalue weighted by Crippen LogP contribution is 2.31. The molecule has 2 aliphatic rings. The number of carboxylic acids is 1. The molecule has 0 aromatic carbocycles. The third-order valence-corrected chi connectivity index (χ3v) is 8.60. The molecule has 0 saturated carbocycles. The van der Waals surface area contributed by atoms with Gasteiger partial charge in [-0.1, -0.05) is 77.0 Å². The molecule has 0 spiro atoms. The molecule has 7 N–H and O–H groups in total. The van der Waals surface area contributed by atoms with Crippen LogP contribution in [0, 0.1) is 0 Å². The molecule has 0 bridgehead atoms. The van der Waals surface area contributed by atoms with Crippen molar-refractivity contribution in [1.29, 1.82) is 0 Å². The maximum Gasteiger partial charge on any atom is 0.303 e. The van der Waals surface area contributed by atoms with Crippen molar-refractivity contribution in [2.45, 2.75) is 178 Å². The van der Waals surface area contributed by atoms with E-state index in [0.29, 0.717) is 6.42 Å². The van der Waals surface area contributed by atoms with Crippen molar-refractivity contribution in [2.75, 3.05) is 13.2 Å². The number of aliphatic hydroxyl groups excluding tert-OH is 6. The smallest absolute Gasteiger partial charge is 0.303 e. The Morgan fingerprint density at radius 2 is 1.17 bits per heavy atom. The topological polar surface area (TPSA) is 222 Å². The van der Waals surface area contributed by atoms with Crippen LogP contribution in [0.25, 0.3) is 0 Å². The van der Waals surface area contributed by atoms with Crippen LogP contribution in [0.2, 0.25) is 0 Å². The third-order valence-electron chi connectivity index (χ3n) is 8.60. The Kier molecular flexibility index (Phi) is 19.7. The van der Waals surface area contributed by atoms with Crippen LogP contribution in [0.3, 0.4) is 0 Å². The molecule has 0 amide bonds. The van der Waals surface area contributed by atoms with Gasteiger partial charge in [-0.25, -0.2) is 0 Å². The molecule has 14 nitrogen and oxygen atoms in total. The summed E-state index contributed by atoms with van der Waals surface area (Å²) in [5.41, 5.74) is 0. The number of esters is 1. The molecular weight excluding hydrogens is 608 g/mol. The first-order valence-corrected chi connectivity index (χ1v) is 16.9. The number of carboxylic acid groups (broad SMARTS) is 1. The summed E-state index contributed by atoms with van der Waals surface area (Å²) in [6.07, 6.45) is -0.0578. The number of rotatable bonds is 23. The fourth-order valence-corrected chi connectivity index (χ4v) is 5.78. The average molecular weight is 667 g/mol. The molecule has 1 unspecified atom stereocenters. The number of carbonyl (C=O) groups excluding carboxylic acids is 1. The zero-order valence-electron chi connectivity index (χ0n) is 27.4. The summed E-state index contributed by atoms with van der Waals surface area (Å²) >= 11 is 0. The summed E-state index contributed by atoms with van der Waals surface area (Å²) in [6.45, 7) is 1.98. The molecule has 2 fully saturated rings. The molecule has 2 aliphatic heterocycles. The summed E-state index contributed by atoms with van der Waals surface area (Å²) in [5.74, 6) is -1.36. The zero-order chi connectivity index (χ0) is 34.1. The molecular formula is C32H58O14. The molecule has 46 heavy (non-hydrogen) atoms. The fraction of sp³-hybridized carbons (Fsp3) is 0.938. The molecule has 2 heterocycles. The van der Waals surface area contributed by atoms with Gasteiger partial charge in [-0.05, 0) is 19.8 Å². The fourth-order valence-electron chi connectivity index (χ4n) is 5.78. The van der Waals surface area contributed by atoms with Crippen LogP contribution in [0.15, 0.2) is 0 Å². The van der Waals surface area contributed by atoms with Gasteiger partial charge < -0.3 is 59.4 Å². The minimum Gasteiger partial charge on any atom is -0.481 e. The second-order valence-corrected chi connectivity index (χ2v) is 12.6. The number of ether oxygens (including phenoxy) is 5. The molecule has 14 heteroatoms. The minimum atomic E-state index is -1.75. The molecule has 2 rings (SSSR count). The van der Waals surface area contributed by atoms with E-state index >= 15 is 0 Å². The Bertz CT molecular complexity index is 846. The van der Waals surface area contributed by atoms with E-state index in [9.17, 15) is 40.2 Å². The summed E-state index contributed by atoms with van der Waals surface area (Å²) in [5, 5.41) is 70.7. The molecule has 0 aliphatic carbocycles. The van der Waals surface area contributed by atoms with E-state index in [1.807, 2.05) is 6.92 Å². The average Bonchev–Trinajstić information content (AvgIpc) is 3.01. The SMILES string of the molecule is CC(=O)OC[C@H]1O[C@@H](O[C@H]2[C@H](OC(C)CCCCCCCCCCCCCCCC(=O)O)O[C@H](CO)[C@@H](O)[C@@H]2O)[C@H](O)[C@@H](O)[C@@H]1O. The Morgan fingerprint density at radius 3 is 1.70 bits per heavy atom. The molecule has 270 valence electrons. The first kappa shape index (κ1) is 40.7. The van der Waals surface area contributed by atoms with E-state index in [1.165, 1.54) is 38.5 Å². The highest BCUT2D eigenvalue weighted by atomic mass is 16.8. The lowest BCUT2D eigenvalue weighted by atomic mass is 9.97. The number of aliphatic carboxylic acids is 1. The van der Waals surface area contributed by atoms with Gasteiger partial charge in [0.1, 0.15) is 55.4 Å². The van der Waals surface area contributed by atoms with Crippen LogP contribution in [0.4, 0.5) is 0 Å². The number of hydrogen-bond donors (Lipinski definition) is 7. The maximum absolute atomic E-state index is 11.2. The zero-order valence-corrected chi connectivity index (χ0v) is 27.4. The van der Waals surface area contributed by atoms with Crippen molar-refractivity contribution in [1.82, 2.24) is 0 Å². The van der Waals surface area contributed by atoms with E-state index in [2.05, 4.69) is 0 Å². The normalized spacial score (nSPS) is 32.3. The van der Waals surface area contributed by atoms with Crippen LogP contribution < -0.4 is 0 Å². The summed E-state index contributed by atoms with van der Waals surface area (Å²) in [6, 6.07) is 0. The summed E-state index contributed by atoms with van der Waals surface area (Å²) in [7, 11) is 0. The highest BCUT2D eigenvalue weighted by Gasteiger charge is 2.51. The molecule has 11 atom stereocenters. The van der Waals surface area contributed by atoms with Gasteiger partial charge in [0.2, 0.25) is 0 Å². The highest BCUT2D eigenvalue weighted by molar-refractivity contribution is 5.66. The first-order valence-electron chi connectivity index (χ1n) is 16.9. The van der Waals surface area contributed by atoms with Gasteiger partial charge >= 0.3 is 11.9 Å². The van der Waals surface area contributed by atoms with Gasteiger partial charge in [0.25, 0.3) is 0 Å². The molecule has 0 radical (unpaired) electrons. The van der Waals surface area contributed by atoms with Crippen LogP contribution in [-0.2, 0) is 33.3 Å². The van der Waals surface area contributed by atoms with Crippen molar-refractivity contribution in [2.24, 2.45) is 0 Å². The third kappa shape index (κ3) is 14.3. The van der Waals surface area contributed by atoms with Crippen molar-refractivity contribution >= 4 is 11.9 Å². The van der Waals surface area contributed by atoms with Crippen LogP contribution >= 0.6 is 0 Å².